The van der Waals surface area contributed by atoms with Gasteiger partial charge in [0.15, 0.2) is 11.5 Å². The minimum Gasteiger partial charge on any atom is -0.355 e. The maximum absolute atomic E-state index is 12.3. The average Bonchev–Trinajstić information content (AvgIpc) is 3.41. The molecular formula is C18H13N3O2S2. The molecule has 0 bridgehead atoms. The van der Waals surface area contributed by atoms with Crippen LogP contribution in [-0.2, 0) is 6.54 Å². The van der Waals surface area contributed by atoms with Crippen molar-refractivity contribution in [2.75, 3.05) is 0 Å². The Morgan fingerprint density at radius 2 is 2.16 bits per heavy atom. The number of rotatable bonds is 5. The predicted molar refractivity (Wildman–Crippen MR) is 98.5 cm³/mol. The Morgan fingerprint density at radius 3 is 2.96 bits per heavy atom. The van der Waals surface area contributed by atoms with E-state index < -0.39 is 0 Å². The third kappa shape index (κ3) is 3.52. The molecule has 124 valence electrons. The van der Waals surface area contributed by atoms with Gasteiger partial charge in [-0.25, -0.2) is 0 Å². The van der Waals surface area contributed by atoms with Crippen LogP contribution in [0, 0.1) is 0 Å². The summed E-state index contributed by atoms with van der Waals surface area (Å²) in [6.07, 6.45) is 1.75. The molecule has 0 aliphatic rings. The fourth-order valence-electron chi connectivity index (χ4n) is 2.34. The Labute approximate surface area is 152 Å². The molecule has 4 rings (SSSR count). The number of nitrogens with one attached hydrogen (secondary N) is 1. The van der Waals surface area contributed by atoms with Crippen LogP contribution in [0.4, 0.5) is 0 Å². The second-order valence-electron chi connectivity index (χ2n) is 5.30. The molecule has 0 spiro atoms. The van der Waals surface area contributed by atoms with Gasteiger partial charge >= 0.3 is 0 Å². The molecule has 0 fully saturated rings. The van der Waals surface area contributed by atoms with Gasteiger partial charge in [-0.3, -0.25) is 9.78 Å². The van der Waals surface area contributed by atoms with E-state index in [0.29, 0.717) is 12.3 Å². The summed E-state index contributed by atoms with van der Waals surface area (Å²) in [5, 5.41) is 12.7. The smallest absolute Gasteiger partial charge is 0.273 e. The molecule has 4 aromatic heterocycles. The van der Waals surface area contributed by atoms with E-state index in [1.165, 1.54) is 11.3 Å². The first-order chi connectivity index (χ1) is 12.3. The van der Waals surface area contributed by atoms with Crippen molar-refractivity contribution >= 4 is 28.6 Å². The third-order valence-electron chi connectivity index (χ3n) is 3.60. The van der Waals surface area contributed by atoms with E-state index in [0.717, 1.165) is 21.7 Å². The summed E-state index contributed by atoms with van der Waals surface area (Å²) in [6.45, 7) is 0.402. The van der Waals surface area contributed by atoms with Gasteiger partial charge in [-0.2, -0.15) is 11.3 Å². The lowest BCUT2D eigenvalue weighted by atomic mass is 10.1. The average molecular weight is 367 g/mol. The zero-order chi connectivity index (χ0) is 17.1. The van der Waals surface area contributed by atoms with Crippen molar-refractivity contribution in [2.45, 2.75) is 6.54 Å². The van der Waals surface area contributed by atoms with Crippen molar-refractivity contribution in [3.05, 3.63) is 70.0 Å². The zero-order valence-corrected chi connectivity index (χ0v) is 14.6. The molecule has 25 heavy (non-hydrogen) atoms. The molecule has 7 heteroatoms. The fraction of sp³-hybridized carbons (Fsp3) is 0.0556. The molecule has 0 aliphatic heterocycles. The minimum atomic E-state index is -0.263. The quantitative estimate of drug-likeness (QED) is 0.566. The number of hydrogen-bond donors (Lipinski definition) is 1. The summed E-state index contributed by atoms with van der Waals surface area (Å²) in [5.41, 5.74) is 3.23. The molecule has 1 N–H and O–H groups in total. The normalized spacial score (nSPS) is 10.7. The molecule has 0 unspecified atom stereocenters. The van der Waals surface area contributed by atoms with E-state index in [4.69, 9.17) is 4.52 Å². The summed E-state index contributed by atoms with van der Waals surface area (Å²) < 4.78 is 5.24. The Bertz CT molecular complexity index is 976. The molecule has 0 saturated heterocycles. The van der Waals surface area contributed by atoms with E-state index in [-0.39, 0.29) is 11.6 Å². The van der Waals surface area contributed by atoms with E-state index >= 15 is 0 Å². The van der Waals surface area contributed by atoms with Crippen LogP contribution in [0.2, 0.25) is 0 Å². The van der Waals surface area contributed by atoms with Crippen LogP contribution in [0.15, 0.2) is 63.3 Å². The van der Waals surface area contributed by atoms with E-state index in [2.05, 4.69) is 15.5 Å². The van der Waals surface area contributed by atoms with Crippen molar-refractivity contribution < 1.29 is 9.32 Å². The van der Waals surface area contributed by atoms with E-state index in [9.17, 15) is 4.79 Å². The minimum absolute atomic E-state index is 0.263. The first-order valence-corrected chi connectivity index (χ1v) is 9.38. The number of amides is 1. The highest BCUT2D eigenvalue weighted by Crippen LogP contribution is 2.25. The highest BCUT2D eigenvalue weighted by Gasteiger charge is 2.14. The Balaban J connectivity index is 1.43. The topological polar surface area (TPSA) is 68.0 Å². The van der Waals surface area contributed by atoms with Crippen LogP contribution in [0.5, 0.6) is 0 Å². The summed E-state index contributed by atoms with van der Waals surface area (Å²) in [4.78, 5) is 17.6. The molecule has 0 radical (unpaired) electrons. The lowest BCUT2D eigenvalue weighted by Gasteiger charge is -2.05. The van der Waals surface area contributed by atoms with Gasteiger partial charge in [0, 0.05) is 29.8 Å². The standard InChI is InChI=1S/C18H13N3O2S2/c22-18(15-9-16(23-21-15)17-2-1-6-25-17)20-10-12-3-5-19-14(8-12)13-4-7-24-11-13/h1-9,11H,10H2,(H,20,22). The lowest BCUT2D eigenvalue weighted by Crippen LogP contribution is -2.23. The Morgan fingerprint density at radius 1 is 1.20 bits per heavy atom. The van der Waals surface area contributed by atoms with Crippen molar-refractivity contribution in [1.29, 1.82) is 0 Å². The molecule has 0 aromatic carbocycles. The van der Waals surface area contributed by atoms with Gasteiger partial charge in [0.2, 0.25) is 0 Å². The number of nitrogens with zero attached hydrogens (tertiary/aromatic N) is 2. The van der Waals surface area contributed by atoms with E-state index in [1.54, 1.807) is 23.6 Å². The summed E-state index contributed by atoms with van der Waals surface area (Å²) in [7, 11) is 0. The molecular weight excluding hydrogens is 354 g/mol. The molecule has 5 nitrogen and oxygen atoms in total. The fourth-order valence-corrected chi connectivity index (χ4v) is 3.67. The number of thiophene rings is 2. The SMILES string of the molecule is O=C(NCc1ccnc(-c2ccsc2)c1)c1cc(-c2cccs2)on1. The van der Waals surface area contributed by atoms with Crippen LogP contribution in [0.25, 0.3) is 21.9 Å². The van der Waals surface area contributed by atoms with Crippen LogP contribution in [-0.4, -0.2) is 16.0 Å². The summed E-state index contributed by atoms with van der Waals surface area (Å²) in [5.74, 6) is 0.337. The molecule has 0 atom stereocenters. The number of pyridine rings is 1. The van der Waals surface area contributed by atoms with E-state index in [1.807, 2.05) is 46.5 Å². The van der Waals surface area contributed by atoms with Gasteiger partial charge in [0.25, 0.3) is 5.91 Å². The van der Waals surface area contributed by atoms with Gasteiger partial charge in [0.1, 0.15) is 0 Å². The number of carbonyl (C=O) groups is 1. The summed E-state index contributed by atoms with van der Waals surface area (Å²) in [6, 6.07) is 11.4. The van der Waals surface area contributed by atoms with Crippen LogP contribution in [0.1, 0.15) is 16.1 Å². The number of carbonyl (C=O) groups excluding carboxylic acids is 1. The second-order valence-corrected chi connectivity index (χ2v) is 7.03. The maximum atomic E-state index is 12.3. The highest BCUT2D eigenvalue weighted by atomic mass is 32.1. The predicted octanol–water partition coefficient (Wildman–Crippen LogP) is 4.46. The maximum Gasteiger partial charge on any atom is 0.273 e. The molecule has 4 heterocycles. The van der Waals surface area contributed by atoms with Gasteiger partial charge in [0.05, 0.1) is 10.6 Å². The highest BCUT2D eigenvalue weighted by molar-refractivity contribution is 7.13. The summed E-state index contributed by atoms with van der Waals surface area (Å²) >= 11 is 3.17. The van der Waals surface area contributed by atoms with Crippen LogP contribution < -0.4 is 5.32 Å². The Kier molecular flexibility index (Phi) is 4.41. The monoisotopic (exact) mass is 367 g/mol. The van der Waals surface area contributed by atoms with Gasteiger partial charge in [-0.1, -0.05) is 11.2 Å². The molecule has 0 aliphatic carbocycles. The Hall–Kier alpha value is -2.77. The first kappa shape index (κ1) is 15.7. The van der Waals surface area contributed by atoms with Crippen molar-refractivity contribution in [1.82, 2.24) is 15.5 Å². The van der Waals surface area contributed by atoms with Gasteiger partial charge < -0.3 is 9.84 Å². The molecule has 0 saturated carbocycles. The second kappa shape index (κ2) is 7.00. The van der Waals surface area contributed by atoms with Crippen molar-refractivity contribution in [3.8, 4) is 21.9 Å². The third-order valence-corrected chi connectivity index (χ3v) is 5.17. The molecule has 4 aromatic rings. The van der Waals surface area contributed by atoms with Crippen LogP contribution in [0.3, 0.4) is 0 Å². The van der Waals surface area contributed by atoms with Gasteiger partial charge in [-0.05, 0) is 40.6 Å². The van der Waals surface area contributed by atoms with Crippen molar-refractivity contribution in [2.24, 2.45) is 0 Å². The lowest BCUT2D eigenvalue weighted by molar-refractivity contribution is 0.0942. The number of aromatic nitrogens is 2. The zero-order valence-electron chi connectivity index (χ0n) is 13.0. The first-order valence-electron chi connectivity index (χ1n) is 7.56. The number of hydrogen-bond acceptors (Lipinski definition) is 6. The van der Waals surface area contributed by atoms with Crippen LogP contribution >= 0.6 is 22.7 Å². The molecule has 1 amide bonds. The van der Waals surface area contributed by atoms with Gasteiger partial charge in [-0.15, -0.1) is 11.3 Å². The largest absolute Gasteiger partial charge is 0.355 e. The van der Waals surface area contributed by atoms with Crippen molar-refractivity contribution in [3.63, 3.8) is 0 Å².